The van der Waals surface area contributed by atoms with E-state index in [2.05, 4.69) is 24.8 Å². The van der Waals surface area contributed by atoms with Crippen molar-refractivity contribution in [1.82, 2.24) is 19.9 Å². The number of aromatic nitrogens is 4. The van der Waals surface area contributed by atoms with Gasteiger partial charge >= 0.3 is 6.18 Å². The molecule has 3 aliphatic heterocycles. The van der Waals surface area contributed by atoms with Gasteiger partial charge in [0.2, 0.25) is 5.95 Å². The Balaban J connectivity index is 1.53. The summed E-state index contributed by atoms with van der Waals surface area (Å²) in [5.74, 6) is 1.01. The molecule has 3 fully saturated rings. The summed E-state index contributed by atoms with van der Waals surface area (Å²) < 4.78 is 38.4. The zero-order valence-electron chi connectivity index (χ0n) is 12.9. The molecule has 0 aromatic carbocycles. The maximum Gasteiger partial charge on any atom is 0.433 e. The smallest absolute Gasteiger partial charge is 0.352 e. The largest absolute Gasteiger partial charge is 0.433 e. The molecule has 24 heavy (non-hydrogen) atoms. The van der Waals surface area contributed by atoms with E-state index in [1.807, 2.05) is 17.9 Å². The number of halogens is 3. The highest BCUT2D eigenvalue weighted by Gasteiger charge is 2.46. The Bertz CT molecular complexity index is 753. The molecule has 0 amide bonds. The van der Waals surface area contributed by atoms with Gasteiger partial charge in [-0.05, 0) is 19.4 Å². The van der Waals surface area contributed by atoms with E-state index in [-0.39, 0.29) is 12.1 Å². The number of nitrogens with zero attached hydrogens (tertiary/aromatic N) is 6. The number of fused-ring (bicyclic) bond motifs is 2. The van der Waals surface area contributed by atoms with E-state index in [1.165, 1.54) is 0 Å². The summed E-state index contributed by atoms with van der Waals surface area (Å²) in [5.41, 5.74) is -0.0157. The molecule has 3 aliphatic rings. The Labute approximate surface area is 136 Å². The molecule has 5 heterocycles. The van der Waals surface area contributed by atoms with Crippen molar-refractivity contribution in [3.8, 4) is 0 Å². The fourth-order valence-corrected chi connectivity index (χ4v) is 3.36. The highest BCUT2D eigenvalue weighted by atomic mass is 19.4. The molecule has 0 radical (unpaired) electrons. The lowest BCUT2D eigenvalue weighted by molar-refractivity contribution is -0.141. The number of alkyl halides is 3. The second-order valence-electron chi connectivity index (χ2n) is 6.11. The Hall–Kier alpha value is -2.45. The van der Waals surface area contributed by atoms with Crippen molar-refractivity contribution in [2.75, 3.05) is 22.9 Å². The van der Waals surface area contributed by atoms with Crippen LogP contribution in [0, 0.1) is 6.92 Å². The van der Waals surface area contributed by atoms with Gasteiger partial charge in [-0.3, -0.25) is 0 Å². The van der Waals surface area contributed by atoms with Crippen LogP contribution >= 0.6 is 0 Å². The van der Waals surface area contributed by atoms with Crippen LogP contribution in [0.1, 0.15) is 17.8 Å². The van der Waals surface area contributed by atoms with E-state index < -0.39 is 11.9 Å². The lowest BCUT2D eigenvalue weighted by Gasteiger charge is -2.56. The Kier molecular flexibility index (Phi) is 3.33. The standard InChI is InChI=1S/C15H15F3N6/c1-9-2-3-19-14(22-9)24-10-4-11(24)7-23(6-10)13-5-12(15(16,17)18)20-8-21-13/h2-3,5,8,10-11H,4,6-7H2,1H3. The lowest BCUT2D eigenvalue weighted by atomic mass is 9.88. The molecule has 0 saturated carbocycles. The minimum absolute atomic E-state index is 0.190. The van der Waals surface area contributed by atoms with E-state index in [0.717, 1.165) is 24.5 Å². The van der Waals surface area contributed by atoms with Crippen molar-refractivity contribution < 1.29 is 13.2 Å². The fraction of sp³-hybridized carbons (Fsp3) is 0.467. The normalized spacial score (nSPS) is 23.2. The van der Waals surface area contributed by atoms with Crippen LogP contribution in [-0.2, 0) is 6.18 Å². The summed E-state index contributed by atoms with van der Waals surface area (Å²) in [6.45, 7) is 3.11. The maximum absolute atomic E-state index is 12.8. The van der Waals surface area contributed by atoms with E-state index in [0.29, 0.717) is 24.9 Å². The minimum atomic E-state index is -4.46. The van der Waals surface area contributed by atoms with E-state index in [9.17, 15) is 13.2 Å². The van der Waals surface area contributed by atoms with Crippen LogP contribution < -0.4 is 9.80 Å². The van der Waals surface area contributed by atoms with Crippen LogP contribution in [0.3, 0.4) is 0 Å². The zero-order chi connectivity index (χ0) is 16.9. The second-order valence-corrected chi connectivity index (χ2v) is 6.11. The Morgan fingerprint density at radius 3 is 2.54 bits per heavy atom. The topological polar surface area (TPSA) is 58.0 Å². The van der Waals surface area contributed by atoms with Gasteiger partial charge in [0.15, 0.2) is 0 Å². The van der Waals surface area contributed by atoms with Crippen molar-refractivity contribution in [3.05, 3.63) is 36.0 Å². The number of anilines is 2. The molecule has 3 saturated heterocycles. The van der Waals surface area contributed by atoms with Crippen LogP contribution in [0.2, 0.25) is 0 Å². The number of rotatable bonds is 2. The first-order valence-corrected chi connectivity index (χ1v) is 7.64. The summed E-state index contributed by atoms with van der Waals surface area (Å²) in [5, 5.41) is 0. The van der Waals surface area contributed by atoms with Gasteiger partial charge in [-0.2, -0.15) is 13.2 Å². The molecule has 6 nitrogen and oxygen atoms in total. The van der Waals surface area contributed by atoms with Gasteiger partial charge < -0.3 is 9.80 Å². The van der Waals surface area contributed by atoms with Crippen molar-refractivity contribution in [1.29, 1.82) is 0 Å². The molecule has 2 aromatic heterocycles. The highest BCUT2D eigenvalue weighted by Crippen LogP contribution is 2.37. The summed E-state index contributed by atoms with van der Waals surface area (Å²) in [6.07, 6.45) is -0.772. The molecular formula is C15H15F3N6. The molecule has 2 atom stereocenters. The van der Waals surface area contributed by atoms with Crippen molar-refractivity contribution in [2.24, 2.45) is 0 Å². The van der Waals surface area contributed by atoms with Crippen LogP contribution in [0.25, 0.3) is 0 Å². The van der Waals surface area contributed by atoms with Gasteiger partial charge in [-0.1, -0.05) is 0 Å². The molecule has 9 heteroatoms. The van der Waals surface area contributed by atoms with Crippen LogP contribution in [0.4, 0.5) is 24.9 Å². The summed E-state index contributed by atoms with van der Waals surface area (Å²) in [6, 6.07) is 3.23. The van der Waals surface area contributed by atoms with E-state index >= 15 is 0 Å². The summed E-state index contributed by atoms with van der Waals surface area (Å²) in [4.78, 5) is 20.1. The molecule has 0 spiro atoms. The number of piperazine rings is 1. The molecule has 5 rings (SSSR count). The first-order chi connectivity index (χ1) is 11.4. The Morgan fingerprint density at radius 1 is 1.12 bits per heavy atom. The second kappa shape index (κ2) is 5.29. The van der Waals surface area contributed by atoms with Crippen molar-refractivity contribution in [2.45, 2.75) is 31.6 Å². The first kappa shape index (κ1) is 15.1. The van der Waals surface area contributed by atoms with Crippen LogP contribution in [-0.4, -0.2) is 45.1 Å². The van der Waals surface area contributed by atoms with Crippen LogP contribution in [0.5, 0.6) is 0 Å². The Morgan fingerprint density at radius 2 is 1.88 bits per heavy atom. The van der Waals surface area contributed by atoms with Gasteiger partial charge in [0.05, 0.1) is 12.1 Å². The van der Waals surface area contributed by atoms with Crippen molar-refractivity contribution >= 4 is 11.8 Å². The molecule has 2 aromatic rings. The minimum Gasteiger partial charge on any atom is -0.352 e. The maximum atomic E-state index is 12.8. The molecule has 0 aliphatic carbocycles. The third-order valence-corrected chi connectivity index (χ3v) is 4.47. The average molecular weight is 336 g/mol. The van der Waals surface area contributed by atoms with Gasteiger partial charge in [-0.25, -0.2) is 19.9 Å². The summed E-state index contributed by atoms with van der Waals surface area (Å²) >= 11 is 0. The molecular weight excluding hydrogens is 321 g/mol. The molecule has 2 unspecified atom stereocenters. The third kappa shape index (κ3) is 2.53. The van der Waals surface area contributed by atoms with Crippen molar-refractivity contribution in [3.63, 3.8) is 0 Å². The van der Waals surface area contributed by atoms with Gasteiger partial charge in [-0.15, -0.1) is 0 Å². The van der Waals surface area contributed by atoms with E-state index in [4.69, 9.17) is 0 Å². The zero-order valence-corrected chi connectivity index (χ0v) is 12.9. The van der Waals surface area contributed by atoms with Gasteiger partial charge in [0.1, 0.15) is 17.8 Å². The quantitative estimate of drug-likeness (QED) is 0.837. The number of aryl methyl sites for hydroxylation is 1. The predicted octanol–water partition coefficient (Wildman–Crippen LogP) is 2.06. The molecule has 126 valence electrons. The summed E-state index contributed by atoms with van der Waals surface area (Å²) in [7, 11) is 0. The molecule has 0 N–H and O–H groups in total. The SMILES string of the molecule is Cc1ccnc(N2C3CC2CN(c2cc(C(F)(F)F)ncn2)C3)n1. The number of hydrogen-bond donors (Lipinski definition) is 0. The van der Waals surface area contributed by atoms with E-state index in [1.54, 1.807) is 6.20 Å². The first-order valence-electron chi connectivity index (χ1n) is 7.64. The third-order valence-electron chi connectivity index (χ3n) is 4.47. The van der Waals surface area contributed by atoms with Gasteiger partial charge in [0.25, 0.3) is 0 Å². The molecule has 2 bridgehead atoms. The highest BCUT2D eigenvalue weighted by molar-refractivity contribution is 5.49. The fourth-order valence-electron chi connectivity index (χ4n) is 3.36. The predicted molar refractivity (Wildman–Crippen MR) is 80.7 cm³/mol. The lowest BCUT2D eigenvalue weighted by Crippen LogP contribution is -2.69. The number of piperidine rings is 1. The van der Waals surface area contributed by atoms with Crippen LogP contribution in [0.15, 0.2) is 24.7 Å². The monoisotopic (exact) mass is 336 g/mol. The average Bonchev–Trinajstić information content (AvgIpc) is 2.54. The number of hydrogen-bond acceptors (Lipinski definition) is 6. The van der Waals surface area contributed by atoms with Gasteiger partial charge in [0, 0.05) is 31.0 Å².